The predicted molar refractivity (Wildman–Crippen MR) is 105 cm³/mol. The molecule has 0 fully saturated rings. The maximum atomic E-state index is 11.2. The standard InChI is InChI=1S/C15H31NO4.2C2H6.H2/c1-3-5-9-18-11-13-20-14-12-19-10-6-8-16-15(17)7-4-2;2*1-2;/h3-14H2,1-2H3,(H,16,17);2*1-2H3;1H. The van der Waals surface area contributed by atoms with E-state index in [-0.39, 0.29) is 7.33 Å². The van der Waals surface area contributed by atoms with E-state index in [0.717, 1.165) is 32.3 Å². The fraction of sp³-hybridized carbons (Fsp3) is 0.947. The van der Waals surface area contributed by atoms with E-state index in [4.69, 9.17) is 14.2 Å². The van der Waals surface area contributed by atoms with Crippen LogP contribution in [0.3, 0.4) is 0 Å². The van der Waals surface area contributed by atoms with Gasteiger partial charge in [0.05, 0.1) is 26.4 Å². The fourth-order valence-corrected chi connectivity index (χ4v) is 1.51. The molecule has 0 saturated heterocycles. The van der Waals surface area contributed by atoms with Gasteiger partial charge in [0.25, 0.3) is 0 Å². The van der Waals surface area contributed by atoms with Gasteiger partial charge in [-0.25, -0.2) is 0 Å². The smallest absolute Gasteiger partial charge is 0.219 e. The molecule has 24 heavy (non-hydrogen) atoms. The average molecular weight is 352 g/mol. The van der Waals surface area contributed by atoms with E-state index in [1.54, 1.807) is 0 Å². The summed E-state index contributed by atoms with van der Waals surface area (Å²) in [6, 6.07) is 0. The Labute approximate surface area is 152 Å². The lowest BCUT2D eigenvalue weighted by Gasteiger charge is -2.07. The number of ether oxygens (including phenoxy) is 3. The maximum Gasteiger partial charge on any atom is 0.219 e. The van der Waals surface area contributed by atoms with Crippen LogP contribution in [0.5, 0.6) is 0 Å². The van der Waals surface area contributed by atoms with Crippen molar-refractivity contribution in [3.8, 4) is 0 Å². The van der Waals surface area contributed by atoms with Gasteiger partial charge < -0.3 is 19.5 Å². The Kier molecular flexibility index (Phi) is 35.5. The number of carbonyl (C=O) groups is 1. The average Bonchev–Trinajstić information content (AvgIpc) is 2.62. The highest BCUT2D eigenvalue weighted by molar-refractivity contribution is 5.75. The molecule has 0 aromatic rings. The van der Waals surface area contributed by atoms with Crippen LogP contribution in [0.1, 0.15) is 75.1 Å². The van der Waals surface area contributed by atoms with Gasteiger partial charge in [0.2, 0.25) is 5.91 Å². The van der Waals surface area contributed by atoms with Crippen molar-refractivity contribution in [3.05, 3.63) is 0 Å². The van der Waals surface area contributed by atoms with E-state index < -0.39 is 0 Å². The van der Waals surface area contributed by atoms with Gasteiger partial charge in [-0.15, -0.1) is 0 Å². The normalized spacial score (nSPS) is 9.42. The van der Waals surface area contributed by atoms with Crippen molar-refractivity contribution in [2.24, 2.45) is 0 Å². The highest BCUT2D eigenvalue weighted by atomic mass is 16.5. The second-order valence-corrected chi connectivity index (χ2v) is 4.64. The van der Waals surface area contributed by atoms with Crippen LogP contribution in [-0.4, -0.2) is 52.1 Å². The van der Waals surface area contributed by atoms with E-state index in [9.17, 15) is 4.79 Å². The molecule has 0 unspecified atom stereocenters. The molecule has 0 atom stereocenters. The van der Waals surface area contributed by atoms with E-state index in [0.29, 0.717) is 46.0 Å². The van der Waals surface area contributed by atoms with Crippen molar-refractivity contribution >= 4 is 5.91 Å². The topological polar surface area (TPSA) is 56.8 Å². The largest absolute Gasteiger partial charge is 0.379 e. The molecule has 0 saturated carbocycles. The summed E-state index contributed by atoms with van der Waals surface area (Å²) in [5, 5.41) is 2.85. The third-order valence-corrected chi connectivity index (χ3v) is 2.65. The summed E-state index contributed by atoms with van der Waals surface area (Å²) in [6.45, 7) is 16.8. The van der Waals surface area contributed by atoms with Crippen molar-refractivity contribution in [3.63, 3.8) is 0 Å². The van der Waals surface area contributed by atoms with Crippen molar-refractivity contribution in [1.29, 1.82) is 0 Å². The first-order valence-corrected chi connectivity index (χ1v) is 9.81. The highest BCUT2D eigenvalue weighted by Gasteiger charge is 1.97. The molecule has 0 radical (unpaired) electrons. The van der Waals surface area contributed by atoms with Crippen LogP contribution in [0.4, 0.5) is 0 Å². The zero-order valence-corrected chi connectivity index (χ0v) is 17.1. The Morgan fingerprint density at radius 1 is 0.750 bits per heavy atom. The molecule has 0 rings (SSSR count). The molecule has 1 amide bonds. The van der Waals surface area contributed by atoms with Crippen LogP contribution < -0.4 is 5.32 Å². The first-order valence-electron chi connectivity index (χ1n) is 9.81. The minimum Gasteiger partial charge on any atom is -0.379 e. The second-order valence-electron chi connectivity index (χ2n) is 4.64. The van der Waals surface area contributed by atoms with E-state index in [2.05, 4.69) is 12.2 Å². The second kappa shape index (κ2) is 30.3. The Bertz CT molecular complexity index is 220. The van der Waals surface area contributed by atoms with E-state index in [1.165, 1.54) is 0 Å². The minimum atomic E-state index is 0. The maximum absolute atomic E-state index is 11.2. The van der Waals surface area contributed by atoms with Crippen molar-refractivity contribution < 1.29 is 20.4 Å². The van der Waals surface area contributed by atoms with Crippen LogP contribution in [0.15, 0.2) is 0 Å². The minimum absolute atomic E-state index is 0. The molecular weight excluding hydrogens is 306 g/mol. The number of hydrogen-bond acceptors (Lipinski definition) is 4. The number of carbonyl (C=O) groups excluding carboxylic acids is 1. The number of rotatable bonds is 15. The summed E-state index contributed by atoms with van der Waals surface area (Å²) in [5.41, 5.74) is 0. The number of amides is 1. The molecule has 5 nitrogen and oxygen atoms in total. The zero-order valence-electron chi connectivity index (χ0n) is 17.1. The summed E-state index contributed by atoms with van der Waals surface area (Å²) in [7, 11) is 0. The van der Waals surface area contributed by atoms with Crippen LogP contribution in [0.2, 0.25) is 0 Å². The lowest BCUT2D eigenvalue weighted by Crippen LogP contribution is -2.24. The summed E-state index contributed by atoms with van der Waals surface area (Å²) in [5.74, 6) is 0.124. The molecule has 0 heterocycles. The lowest BCUT2D eigenvalue weighted by molar-refractivity contribution is -0.121. The van der Waals surface area contributed by atoms with Crippen LogP contribution in [0.25, 0.3) is 0 Å². The van der Waals surface area contributed by atoms with Gasteiger partial charge in [-0.1, -0.05) is 48.0 Å². The molecule has 0 aliphatic rings. The lowest BCUT2D eigenvalue weighted by atomic mass is 10.3. The molecule has 5 heteroatoms. The van der Waals surface area contributed by atoms with E-state index >= 15 is 0 Å². The first-order chi connectivity index (χ1) is 11.8. The Balaban J connectivity index is -0.000000408. The summed E-state index contributed by atoms with van der Waals surface area (Å²) in [4.78, 5) is 11.2. The molecule has 150 valence electrons. The monoisotopic (exact) mass is 351 g/mol. The Morgan fingerprint density at radius 3 is 1.67 bits per heavy atom. The molecule has 0 aliphatic carbocycles. The van der Waals surface area contributed by atoms with Gasteiger partial charge in [-0.05, 0) is 19.3 Å². The Morgan fingerprint density at radius 2 is 1.21 bits per heavy atom. The molecular formula is C19H45NO4. The zero-order chi connectivity index (χ0) is 18.9. The molecule has 0 aliphatic heterocycles. The number of nitrogens with one attached hydrogen (secondary N) is 1. The molecule has 0 spiro atoms. The SMILES string of the molecule is CC.CC.CCCCOCCOCCOCCCNC(=O)CCC.[HH]. The van der Waals surface area contributed by atoms with Gasteiger partial charge in [-0.3, -0.25) is 4.79 Å². The van der Waals surface area contributed by atoms with Gasteiger partial charge in [0, 0.05) is 27.6 Å². The van der Waals surface area contributed by atoms with Crippen LogP contribution in [0, 0.1) is 0 Å². The quantitative estimate of drug-likeness (QED) is 0.443. The molecule has 0 aromatic heterocycles. The summed E-state index contributed by atoms with van der Waals surface area (Å²) >= 11 is 0. The summed E-state index contributed by atoms with van der Waals surface area (Å²) in [6.07, 6.45) is 4.61. The molecule has 0 bridgehead atoms. The van der Waals surface area contributed by atoms with Crippen molar-refractivity contribution in [1.82, 2.24) is 5.32 Å². The van der Waals surface area contributed by atoms with Crippen LogP contribution >= 0.6 is 0 Å². The van der Waals surface area contributed by atoms with Gasteiger partial charge >= 0.3 is 0 Å². The predicted octanol–water partition coefficient (Wildman–Crippen LogP) is 4.44. The third kappa shape index (κ3) is 29.4. The molecule has 1 N–H and O–H groups in total. The van der Waals surface area contributed by atoms with Gasteiger partial charge in [-0.2, -0.15) is 0 Å². The first kappa shape index (κ1) is 28.2. The number of hydrogen-bond donors (Lipinski definition) is 1. The molecule has 0 aromatic carbocycles. The van der Waals surface area contributed by atoms with Crippen molar-refractivity contribution in [2.45, 2.75) is 73.6 Å². The van der Waals surface area contributed by atoms with Crippen molar-refractivity contribution in [2.75, 3.05) is 46.2 Å². The summed E-state index contributed by atoms with van der Waals surface area (Å²) < 4.78 is 16.1. The van der Waals surface area contributed by atoms with Gasteiger partial charge in [0.15, 0.2) is 0 Å². The van der Waals surface area contributed by atoms with Gasteiger partial charge in [0.1, 0.15) is 0 Å². The third-order valence-electron chi connectivity index (χ3n) is 2.65. The van der Waals surface area contributed by atoms with E-state index in [1.807, 2.05) is 34.6 Å². The van der Waals surface area contributed by atoms with Crippen LogP contribution in [-0.2, 0) is 19.0 Å². The fourth-order valence-electron chi connectivity index (χ4n) is 1.51. The number of unbranched alkanes of at least 4 members (excludes halogenated alkanes) is 1. The Hall–Kier alpha value is -0.650. The highest BCUT2D eigenvalue weighted by Crippen LogP contribution is 1.89.